The van der Waals surface area contributed by atoms with Crippen LogP contribution in [-0.4, -0.2) is 26.0 Å². The van der Waals surface area contributed by atoms with Crippen LogP contribution in [0.5, 0.6) is 11.5 Å². The van der Waals surface area contributed by atoms with Gasteiger partial charge in [-0.25, -0.2) is 0 Å². The Hall–Kier alpha value is -3.02. The molecule has 0 spiro atoms. The van der Waals surface area contributed by atoms with Crippen molar-refractivity contribution in [2.24, 2.45) is 5.41 Å². The van der Waals surface area contributed by atoms with Gasteiger partial charge in [0, 0.05) is 23.9 Å². The van der Waals surface area contributed by atoms with Gasteiger partial charge in [-0.15, -0.1) is 0 Å². The van der Waals surface area contributed by atoms with Gasteiger partial charge in [0.15, 0.2) is 0 Å². The number of anilines is 1. The van der Waals surface area contributed by atoms with Gasteiger partial charge in [0.1, 0.15) is 16.9 Å². The van der Waals surface area contributed by atoms with Gasteiger partial charge < -0.3 is 20.1 Å². The number of nitrogens with one attached hydrogen (secondary N) is 2. The van der Waals surface area contributed by atoms with Crippen LogP contribution in [0.4, 0.5) is 5.69 Å². The molecule has 2 N–H and O–H groups in total. The molecule has 138 valence electrons. The molecule has 0 saturated heterocycles. The van der Waals surface area contributed by atoms with Gasteiger partial charge >= 0.3 is 0 Å². The number of methoxy groups -OCH3 is 2. The Morgan fingerprint density at radius 2 is 1.69 bits per heavy atom. The zero-order valence-corrected chi connectivity index (χ0v) is 15.5. The quantitative estimate of drug-likeness (QED) is 0.748. The third kappa shape index (κ3) is 4.53. The predicted octanol–water partition coefficient (Wildman–Crippen LogP) is 2.98. The molecule has 0 saturated carbocycles. The average Bonchev–Trinajstić information content (AvgIpc) is 2.66. The zero-order valence-electron chi connectivity index (χ0n) is 15.5. The normalized spacial score (nSPS) is 10.8. The van der Waals surface area contributed by atoms with E-state index in [9.17, 15) is 9.59 Å². The van der Waals surface area contributed by atoms with E-state index in [-0.39, 0.29) is 12.5 Å². The number of rotatable bonds is 7. The van der Waals surface area contributed by atoms with Gasteiger partial charge in [-0.3, -0.25) is 9.59 Å². The van der Waals surface area contributed by atoms with E-state index in [1.807, 2.05) is 24.3 Å². The van der Waals surface area contributed by atoms with Crippen LogP contribution in [0.3, 0.4) is 0 Å². The molecule has 2 amide bonds. The van der Waals surface area contributed by atoms with Gasteiger partial charge in [-0.05, 0) is 32.0 Å². The number of para-hydroxylation sites is 1. The number of ether oxygens (including phenoxy) is 2. The van der Waals surface area contributed by atoms with E-state index in [0.717, 1.165) is 5.56 Å². The van der Waals surface area contributed by atoms with Gasteiger partial charge in [0.25, 0.3) is 0 Å². The van der Waals surface area contributed by atoms with E-state index in [4.69, 9.17) is 9.47 Å². The third-order valence-corrected chi connectivity index (χ3v) is 4.09. The van der Waals surface area contributed by atoms with Crippen LogP contribution in [0, 0.1) is 5.41 Å². The van der Waals surface area contributed by atoms with Gasteiger partial charge in [0.05, 0.1) is 14.2 Å². The fraction of sp³-hybridized carbons (Fsp3) is 0.300. The highest BCUT2D eigenvalue weighted by Crippen LogP contribution is 2.23. The van der Waals surface area contributed by atoms with Gasteiger partial charge in [-0.2, -0.15) is 0 Å². The van der Waals surface area contributed by atoms with Crippen LogP contribution in [0.15, 0.2) is 48.5 Å². The molecule has 0 atom stereocenters. The second kappa shape index (κ2) is 8.38. The molecular formula is C20H24N2O4. The summed E-state index contributed by atoms with van der Waals surface area (Å²) in [6.07, 6.45) is 0. The Kier molecular flexibility index (Phi) is 6.22. The molecule has 0 aliphatic carbocycles. The van der Waals surface area contributed by atoms with E-state index in [1.54, 1.807) is 52.3 Å². The Labute approximate surface area is 153 Å². The number of carbonyl (C=O) groups is 2. The molecule has 0 bridgehead atoms. The number of hydrogen-bond acceptors (Lipinski definition) is 4. The second-order valence-corrected chi connectivity index (χ2v) is 6.31. The van der Waals surface area contributed by atoms with Crippen LogP contribution in [0.1, 0.15) is 19.4 Å². The highest BCUT2D eigenvalue weighted by atomic mass is 16.5. The lowest BCUT2D eigenvalue weighted by Gasteiger charge is -2.23. The first-order valence-corrected chi connectivity index (χ1v) is 8.24. The molecule has 0 unspecified atom stereocenters. The minimum absolute atomic E-state index is 0.277. The van der Waals surface area contributed by atoms with Crippen molar-refractivity contribution in [3.05, 3.63) is 54.1 Å². The molecular weight excluding hydrogens is 332 g/mol. The topological polar surface area (TPSA) is 76.7 Å². The zero-order chi connectivity index (χ0) is 19.2. The minimum Gasteiger partial charge on any atom is -0.497 e. The Morgan fingerprint density at radius 3 is 2.38 bits per heavy atom. The van der Waals surface area contributed by atoms with Crippen LogP contribution in [0.2, 0.25) is 0 Å². The first kappa shape index (κ1) is 19.3. The number of amides is 2. The monoisotopic (exact) mass is 356 g/mol. The SMILES string of the molecule is COc1cccc(NC(=O)C(C)(C)C(=O)NCc2ccccc2OC)c1. The summed E-state index contributed by atoms with van der Waals surface area (Å²) in [7, 11) is 3.13. The highest BCUT2D eigenvalue weighted by Gasteiger charge is 2.36. The molecule has 2 rings (SSSR count). The molecule has 0 aliphatic rings. The minimum atomic E-state index is -1.24. The van der Waals surface area contributed by atoms with Crippen molar-refractivity contribution < 1.29 is 19.1 Å². The maximum absolute atomic E-state index is 12.6. The summed E-state index contributed by atoms with van der Waals surface area (Å²) in [5.41, 5.74) is 0.165. The van der Waals surface area contributed by atoms with Crippen molar-refractivity contribution in [3.63, 3.8) is 0 Å². The van der Waals surface area contributed by atoms with Crippen molar-refractivity contribution in [1.29, 1.82) is 0 Å². The third-order valence-electron chi connectivity index (χ3n) is 4.09. The van der Waals surface area contributed by atoms with E-state index in [0.29, 0.717) is 17.2 Å². The second-order valence-electron chi connectivity index (χ2n) is 6.31. The van der Waals surface area contributed by atoms with Crippen LogP contribution in [0.25, 0.3) is 0 Å². The van der Waals surface area contributed by atoms with Gasteiger partial charge in [-0.1, -0.05) is 24.3 Å². The van der Waals surface area contributed by atoms with Crippen molar-refractivity contribution in [3.8, 4) is 11.5 Å². The maximum atomic E-state index is 12.6. The lowest BCUT2D eigenvalue weighted by molar-refractivity contribution is -0.138. The summed E-state index contributed by atoms with van der Waals surface area (Å²) < 4.78 is 10.4. The van der Waals surface area contributed by atoms with Crippen LogP contribution < -0.4 is 20.1 Å². The average molecular weight is 356 g/mol. The summed E-state index contributed by atoms with van der Waals surface area (Å²) >= 11 is 0. The molecule has 0 fully saturated rings. The van der Waals surface area contributed by atoms with Crippen molar-refractivity contribution in [2.45, 2.75) is 20.4 Å². The first-order chi connectivity index (χ1) is 12.4. The lowest BCUT2D eigenvalue weighted by atomic mass is 9.90. The summed E-state index contributed by atoms with van der Waals surface area (Å²) in [5, 5.41) is 5.55. The van der Waals surface area contributed by atoms with Gasteiger partial charge in [0.2, 0.25) is 11.8 Å². The first-order valence-electron chi connectivity index (χ1n) is 8.24. The number of hydrogen-bond donors (Lipinski definition) is 2. The highest BCUT2D eigenvalue weighted by molar-refractivity contribution is 6.09. The predicted molar refractivity (Wildman–Crippen MR) is 100 cm³/mol. The molecule has 0 aliphatic heterocycles. The Balaban J connectivity index is 2.02. The Morgan fingerprint density at radius 1 is 0.962 bits per heavy atom. The number of carbonyl (C=O) groups excluding carboxylic acids is 2. The fourth-order valence-corrected chi connectivity index (χ4v) is 2.34. The smallest absolute Gasteiger partial charge is 0.239 e. The molecule has 26 heavy (non-hydrogen) atoms. The molecule has 2 aromatic carbocycles. The molecule has 2 aromatic rings. The van der Waals surface area contributed by atoms with Crippen molar-refractivity contribution in [1.82, 2.24) is 5.32 Å². The summed E-state index contributed by atoms with van der Waals surface area (Å²) in [4.78, 5) is 25.1. The van der Waals surface area contributed by atoms with Crippen molar-refractivity contribution >= 4 is 17.5 Å². The number of benzene rings is 2. The molecule has 0 radical (unpaired) electrons. The van der Waals surface area contributed by atoms with Crippen molar-refractivity contribution in [2.75, 3.05) is 19.5 Å². The summed E-state index contributed by atoms with van der Waals surface area (Å²) in [6.45, 7) is 3.44. The van der Waals surface area contributed by atoms with Crippen LogP contribution in [-0.2, 0) is 16.1 Å². The van der Waals surface area contributed by atoms with E-state index >= 15 is 0 Å². The lowest BCUT2D eigenvalue weighted by Crippen LogP contribution is -2.44. The fourth-order valence-electron chi connectivity index (χ4n) is 2.34. The summed E-state index contributed by atoms with van der Waals surface area (Å²) in [6, 6.07) is 14.4. The maximum Gasteiger partial charge on any atom is 0.239 e. The molecule has 6 heteroatoms. The summed E-state index contributed by atoms with van der Waals surface area (Å²) in [5.74, 6) is 0.541. The van der Waals surface area contributed by atoms with E-state index < -0.39 is 11.3 Å². The Bertz CT molecular complexity index is 787. The van der Waals surface area contributed by atoms with Crippen LogP contribution >= 0.6 is 0 Å². The molecule has 0 heterocycles. The molecule has 6 nitrogen and oxygen atoms in total. The molecule has 0 aromatic heterocycles. The van der Waals surface area contributed by atoms with E-state index in [1.165, 1.54) is 0 Å². The largest absolute Gasteiger partial charge is 0.497 e. The standard InChI is InChI=1S/C20H24N2O4/c1-20(2,19(24)22-15-9-7-10-16(12-15)25-3)18(23)21-13-14-8-5-6-11-17(14)26-4/h5-12H,13H2,1-4H3,(H,21,23)(H,22,24). The van der Waals surface area contributed by atoms with E-state index in [2.05, 4.69) is 10.6 Å².